The summed E-state index contributed by atoms with van der Waals surface area (Å²) in [4.78, 5) is 13.6. The second-order valence-corrected chi connectivity index (χ2v) is 6.39. The van der Waals surface area contributed by atoms with Crippen molar-refractivity contribution in [2.24, 2.45) is 11.8 Å². The summed E-state index contributed by atoms with van der Waals surface area (Å²) < 4.78 is 0. The quantitative estimate of drug-likeness (QED) is 0.815. The van der Waals surface area contributed by atoms with Crippen LogP contribution in [0.5, 0.6) is 0 Å². The molecule has 1 amide bonds. The highest BCUT2D eigenvalue weighted by molar-refractivity contribution is 5.78. The van der Waals surface area contributed by atoms with E-state index in [4.69, 9.17) is 0 Å². The molecule has 0 spiro atoms. The number of carbonyl (C=O) groups is 1. The topological polar surface area (TPSA) is 32.3 Å². The van der Waals surface area contributed by atoms with Crippen LogP contribution < -0.4 is 5.32 Å². The lowest BCUT2D eigenvalue weighted by molar-refractivity contribution is -0.127. The van der Waals surface area contributed by atoms with Crippen LogP contribution in [0.4, 0.5) is 0 Å². The Morgan fingerprint density at radius 1 is 1.39 bits per heavy atom. The molecule has 0 bridgehead atoms. The third-order valence-corrected chi connectivity index (χ3v) is 4.47. The van der Waals surface area contributed by atoms with Crippen molar-refractivity contribution in [2.45, 2.75) is 58.4 Å². The van der Waals surface area contributed by atoms with Gasteiger partial charge < -0.3 is 10.2 Å². The van der Waals surface area contributed by atoms with Crippen LogP contribution in [0.2, 0.25) is 0 Å². The van der Waals surface area contributed by atoms with Crippen molar-refractivity contribution >= 4 is 5.91 Å². The van der Waals surface area contributed by atoms with Crippen LogP contribution in [0.25, 0.3) is 0 Å². The van der Waals surface area contributed by atoms with Crippen molar-refractivity contribution in [1.29, 1.82) is 0 Å². The van der Waals surface area contributed by atoms with Gasteiger partial charge in [0.15, 0.2) is 0 Å². The van der Waals surface area contributed by atoms with E-state index < -0.39 is 0 Å². The Kier molecular flexibility index (Phi) is 5.04. The first kappa shape index (κ1) is 13.9. The van der Waals surface area contributed by atoms with E-state index in [0.29, 0.717) is 11.9 Å². The lowest BCUT2D eigenvalue weighted by Gasteiger charge is -2.29. The summed E-state index contributed by atoms with van der Waals surface area (Å²) in [6.45, 7) is 7.57. The maximum absolute atomic E-state index is 11.6. The van der Waals surface area contributed by atoms with Crippen LogP contribution in [0.1, 0.15) is 52.4 Å². The third kappa shape index (κ3) is 3.98. The summed E-state index contributed by atoms with van der Waals surface area (Å²) in [6.07, 6.45) is 7.37. The monoisotopic (exact) mass is 252 g/mol. The van der Waals surface area contributed by atoms with Crippen molar-refractivity contribution in [3.8, 4) is 0 Å². The van der Waals surface area contributed by atoms with Gasteiger partial charge in [-0.1, -0.05) is 19.8 Å². The molecular weight excluding hydrogens is 224 g/mol. The second kappa shape index (κ2) is 6.55. The van der Waals surface area contributed by atoms with Crippen molar-refractivity contribution in [3.63, 3.8) is 0 Å². The molecule has 2 aliphatic rings. The molecule has 3 atom stereocenters. The van der Waals surface area contributed by atoms with Crippen LogP contribution in [0.15, 0.2) is 0 Å². The fraction of sp³-hybridized carbons (Fsp3) is 0.933. The highest BCUT2D eigenvalue weighted by Crippen LogP contribution is 2.28. The normalized spacial score (nSPS) is 30.8. The molecule has 1 saturated carbocycles. The Bertz CT molecular complexity index is 280. The van der Waals surface area contributed by atoms with Gasteiger partial charge in [0.1, 0.15) is 0 Å². The van der Waals surface area contributed by atoms with Crippen molar-refractivity contribution in [2.75, 3.05) is 19.6 Å². The van der Waals surface area contributed by atoms with Crippen molar-refractivity contribution < 1.29 is 4.79 Å². The number of hydrogen-bond acceptors (Lipinski definition) is 2. The molecule has 3 nitrogen and oxygen atoms in total. The Labute approximate surface area is 111 Å². The molecule has 3 unspecified atom stereocenters. The molecule has 0 aromatic heterocycles. The highest BCUT2D eigenvalue weighted by Gasteiger charge is 2.23. The SMILES string of the molecule is CC1CCCC(CNC(C)CN2CCCC2=O)C1. The molecule has 1 aliphatic heterocycles. The molecule has 2 fully saturated rings. The van der Waals surface area contributed by atoms with Crippen LogP contribution in [0.3, 0.4) is 0 Å². The molecule has 1 aliphatic carbocycles. The van der Waals surface area contributed by atoms with E-state index in [2.05, 4.69) is 19.2 Å². The van der Waals surface area contributed by atoms with Gasteiger partial charge in [0, 0.05) is 25.6 Å². The van der Waals surface area contributed by atoms with E-state index in [1.54, 1.807) is 0 Å². The molecule has 1 saturated heterocycles. The summed E-state index contributed by atoms with van der Waals surface area (Å²) >= 11 is 0. The Balaban J connectivity index is 1.64. The second-order valence-electron chi connectivity index (χ2n) is 6.39. The van der Waals surface area contributed by atoms with Gasteiger partial charge in [-0.25, -0.2) is 0 Å². The zero-order valence-corrected chi connectivity index (χ0v) is 12.0. The lowest BCUT2D eigenvalue weighted by atomic mass is 9.82. The van der Waals surface area contributed by atoms with Gasteiger partial charge >= 0.3 is 0 Å². The van der Waals surface area contributed by atoms with Crippen molar-refractivity contribution in [3.05, 3.63) is 0 Å². The number of carbonyl (C=O) groups excluding carboxylic acids is 1. The number of rotatable bonds is 5. The molecule has 2 rings (SSSR count). The van der Waals surface area contributed by atoms with E-state index >= 15 is 0 Å². The molecule has 0 aromatic rings. The maximum Gasteiger partial charge on any atom is 0.222 e. The number of amides is 1. The Morgan fingerprint density at radius 2 is 2.22 bits per heavy atom. The highest BCUT2D eigenvalue weighted by atomic mass is 16.2. The number of nitrogens with one attached hydrogen (secondary N) is 1. The maximum atomic E-state index is 11.6. The van der Waals surface area contributed by atoms with Crippen LogP contribution in [-0.4, -0.2) is 36.5 Å². The lowest BCUT2D eigenvalue weighted by Crippen LogP contribution is -2.42. The third-order valence-electron chi connectivity index (χ3n) is 4.47. The molecule has 0 radical (unpaired) electrons. The first-order chi connectivity index (χ1) is 8.65. The molecular formula is C15H28N2O. The summed E-state index contributed by atoms with van der Waals surface area (Å²) in [6, 6.07) is 0.435. The van der Waals surface area contributed by atoms with E-state index in [1.165, 1.54) is 25.7 Å². The van der Waals surface area contributed by atoms with E-state index in [1.807, 2.05) is 4.90 Å². The molecule has 0 aromatic carbocycles. The fourth-order valence-corrected chi connectivity index (χ4v) is 3.41. The van der Waals surface area contributed by atoms with Crippen LogP contribution in [0, 0.1) is 11.8 Å². The first-order valence-electron chi connectivity index (χ1n) is 7.66. The molecule has 1 heterocycles. The molecule has 104 valence electrons. The molecule has 3 heteroatoms. The number of likely N-dealkylation sites (tertiary alicyclic amines) is 1. The van der Waals surface area contributed by atoms with Gasteiger partial charge in [-0.05, 0) is 44.6 Å². The van der Waals surface area contributed by atoms with Crippen LogP contribution >= 0.6 is 0 Å². The summed E-state index contributed by atoms with van der Waals surface area (Å²) in [5.74, 6) is 2.10. The predicted octanol–water partition coefficient (Wildman–Crippen LogP) is 2.41. The number of nitrogens with zero attached hydrogens (tertiary/aromatic N) is 1. The van der Waals surface area contributed by atoms with Crippen molar-refractivity contribution in [1.82, 2.24) is 10.2 Å². The zero-order chi connectivity index (χ0) is 13.0. The largest absolute Gasteiger partial charge is 0.341 e. The van der Waals surface area contributed by atoms with Gasteiger partial charge in [-0.15, -0.1) is 0 Å². The van der Waals surface area contributed by atoms with E-state index in [-0.39, 0.29) is 0 Å². The summed E-state index contributed by atoms with van der Waals surface area (Å²) in [7, 11) is 0. The predicted molar refractivity (Wildman–Crippen MR) is 74.4 cm³/mol. The van der Waals surface area contributed by atoms with Gasteiger partial charge in [-0.3, -0.25) is 4.79 Å². The van der Waals surface area contributed by atoms with Crippen LogP contribution in [-0.2, 0) is 4.79 Å². The average Bonchev–Trinajstić information content (AvgIpc) is 2.73. The Morgan fingerprint density at radius 3 is 2.89 bits per heavy atom. The molecule has 18 heavy (non-hydrogen) atoms. The zero-order valence-electron chi connectivity index (χ0n) is 12.0. The summed E-state index contributed by atoms with van der Waals surface area (Å²) in [5.41, 5.74) is 0. The Hall–Kier alpha value is -0.570. The molecule has 1 N–H and O–H groups in total. The van der Waals surface area contributed by atoms with Gasteiger partial charge in [0.05, 0.1) is 0 Å². The van der Waals surface area contributed by atoms with Gasteiger partial charge in [0.2, 0.25) is 5.91 Å². The van der Waals surface area contributed by atoms with E-state index in [9.17, 15) is 4.79 Å². The first-order valence-corrected chi connectivity index (χ1v) is 7.66. The average molecular weight is 252 g/mol. The minimum Gasteiger partial charge on any atom is -0.341 e. The van der Waals surface area contributed by atoms with E-state index in [0.717, 1.165) is 44.3 Å². The fourth-order valence-electron chi connectivity index (χ4n) is 3.41. The number of hydrogen-bond donors (Lipinski definition) is 1. The standard InChI is InChI=1S/C15H28N2O/c1-12-5-3-6-14(9-12)10-16-13(2)11-17-8-4-7-15(17)18/h12-14,16H,3-11H2,1-2H3. The van der Waals surface area contributed by atoms with Gasteiger partial charge in [-0.2, -0.15) is 0 Å². The minimum atomic E-state index is 0.343. The minimum absolute atomic E-state index is 0.343. The smallest absolute Gasteiger partial charge is 0.222 e. The summed E-state index contributed by atoms with van der Waals surface area (Å²) in [5, 5.41) is 3.63. The van der Waals surface area contributed by atoms with Gasteiger partial charge in [0.25, 0.3) is 0 Å².